The minimum Gasteiger partial charge on any atom is -0.481 e. The Morgan fingerprint density at radius 1 is 1.33 bits per heavy atom. The molecular weight excluding hydrogens is 284 g/mol. The van der Waals surface area contributed by atoms with Crippen LogP contribution in [0.1, 0.15) is 19.3 Å². The maximum atomic E-state index is 12.0. The minimum atomic E-state index is -1.21. The van der Waals surface area contributed by atoms with Crippen molar-refractivity contribution in [3.05, 3.63) is 0 Å². The summed E-state index contributed by atoms with van der Waals surface area (Å²) >= 11 is 0. The van der Waals surface area contributed by atoms with Crippen LogP contribution in [0.25, 0.3) is 0 Å². The van der Waals surface area contributed by atoms with Crippen molar-refractivity contribution in [2.45, 2.75) is 31.4 Å². The molecule has 0 radical (unpaired) electrons. The van der Waals surface area contributed by atoms with E-state index in [1.165, 1.54) is 4.90 Å². The van der Waals surface area contributed by atoms with Crippen LogP contribution in [-0.2, 0) is 14.3 Å². The fourth-order valence-electron chi connectivity index (χ4n) is 1.97. The molecule has 0 aromatic heterocycles. The van der Waals surface area contributed by atoms with Gasteiger partial charge in [-0.05, 0) is 12.8 Å². The van der Waals surface area contributed by atoms with Crippen LogP contribution < -0.4 is 5.32 Å². The first-order valence-electron chi connectivity index (χ1n) is 6.66. The smallest absolute Gasteiger partial charge is 0.326 e. The second kappa shape index (κ2) is 8.42. The second-order valence-corrected chi connectivity index (χ2v) is 4.75. The summed E-state index contributed by atoms with van der Waals surface area (Å²) in [4.78, 5) is 34.8. The van der Waals surface area contributed by atoms with Gasteiger partial charge in [-0.15, -0.1) is 0 Å². The molecule has 2 amide bonds. The minimum absolute atomic E-state index is 0.0428. The number of hydrogen-bond acceptors (Lipinski definition) is 5. The van der Waals surface area contributed by atoms with Gasteiger partial charge in [0.2, 0.25) is 0 Å². The topological polar surface area (TPSA) is 136 Å². The molecular formula is C12H20N2O7. The number of aliphatic hydroxyl groups is 1. The van der Waals surface area contributed by atoms with Gasteiger partial charge in [-0.25, -0.2) is 9.59 Å². The van der Waals surface area contributed by atoms with Crippen LogP contribution in [0.3, 0.4) is 0 Å². The van der Waals surface area contributed by atoms with Crippen LogP contribution in [-0.4, -0.2) is 76.6 Å². The molecule has 4 N–H and O–H groups in total. The molecule has 0 bridgehead atoms. The number of nitrogens with zero attached hydrogens (tertiary/aromatic N) is 1. The first kappa shape index (κ1) is 17.2. The summed E-state index contributed by atoms with van der Waals surface area (Å²) in [6, 6.07) is -1.69. The number of nitrogens with one attached hydrogen (secondary N) is 1. The van der Waals surface area contributed by atoms with Gasteiger partial charge >= 0.3 is 18.0 Å². The lowest BCUT2D eigenvalue weighted by atomic mass is 10.1. The van der Waals surface area contributed by atoms with Crippen LogP contribution in [0.15, 0.2) is 0 Å². The Bertz CT molecular complexity index is 388. The average molecular weight is 304 g/mol. The largest absolute Gasteiger partial charge is 0.481 e. The number of rotatable bonds is 7. The zero-order valence-corrected chi connectivity index (χ0v) is 11.5. The lowest BCUT2D eigenvalue weighted by Crippen LogP contribution is -2.53. The number of ether oxygens (including phenoxy) is 1. The van der Waals surface area contributed by atoms with E-state index in [4.69, 9.17) is 20.1 Å². The van der Waals surface area contributed by atoms with Crippen molar-refractivity contribution in [1.29, 1.82) is 0 Å². The van der Waals surface area contributed by atoms with Gasteiger partial charge in [0.25, 0.3) is 0 Å². The van der Waals surface area contributed by atoms with Crippen molar-refractivity contribution >= 4 is 18.0 Å². The average Bonchev–Trinajstić information content (AvgIpc) is 2.45. The molecule has 1 fully saturated rings. The first-order chi connectivity index (χ1) is 9.93. The summed E-state index contributed by atoms with van der Waals surface area (Å²) in [5.74, 6) is -2.22. The summed E-state index contributed by atoms with van der Waals surface area (Å²) in [7, 11) is 0. The van der Waals surface area contributed by atoms with E-state index in [9.17, 15) is 14.4 Å². The fraction of sp³-hybridized carbons (Fsp3) is 0.750. The highest BCUT2D eigenvalue weighted by molar-refractivity contribution is 5.82. The maximum absolute atomic E-state index is 12.0. The third-order valence-electron chi connectivity index (χ3n) is 3.11. The Morgan fingerprint density at radius 3 is 2.62 bits per heavy atom. The van der Waals surface area contributed by atoms with Crippen LogP contribution >= 0.6 is 0 Å². The standard InChI is InChI=1S/C12H20N2O7/c15-7-8-6-14(4-5-21-8)12(20)13-9(11(18)19)2-1-3-10(16)17/h8-9,15H,1-7H2,(H,13,20)(H,16,17)(H,18,19)/t8?,9-/m1/s1. The fourth-order valence-corrected chi connectivity index (χ4v) is 1.97. The molecule has 1 saturated heterocycles. The molecule has 0 aromatic carbocycles. The number of urea groups is 1. The van der Waals surface area contributed by atoms with Crippen molar-refractivity contribution in [1.82, 2.24) is 10.2 Å². The SMILES string of the molecule is O=C(O)CCC[C@@H](NC(=O)N1CCOC(CO)C1)C(=O)O. The molecule has 1 rings (SSSR count). The lowest BCUT2D eigenvalue weighted by molar-refractivity contribution is -0.140. The number of aliphatic hydroxyl groups excluding tert-OH is 1. The van der Waals surface area contributed by atoms with Gasteiger partial charge < -0.3 is 30.3 Å². The third-order valence-corrected chi connectivity index (χ3v) is 3.11. The number of aliphatic carboxylic acids is 2. The zero-order chi connectivity index (χ0) is 15.8. The van der Waals surface area contributed by atoms with Crippen molar-refractivity contribution in [3.8, 4) is 0 Å². The Balaban J connectivity index is 2.47. The summed E-state index contributed by atoms with van der Waals surface area (Å²) < 4.78 is 5.20. The number of carboxylic acid groups (broad SMARTS) is 2. The van der Waals surface area contributed by atoms with Crippen molar-refractivity contribution in [2.75, 3.05) is 26.3 Å². The van der Waals surface area contributed by atoms with E-state index in [-0.39, 0.29) is 39.0 Å². The summed E-state index contributed by atoms with van der Waals surface area (Å²) in [5, 5.41) is 28.9. The lowest BCUT2D eigenvalue weighted by Gasteiger charge is -2.32. The third kappa shape index (κ3) is 5.96. The monoisotopic (exact) mass is 304 g/mol. The molecule has 0 saturated carbocycles. The number of carboxylic acids is 2. The van der Waals surface area contributed by atoms with E-state index >= 15 is 0 Å². The van der Waals surface area contributed by atoms with Crippen LogP contribution in [0, 0.1) is 0 Å². The molecule has 0 aromatic rings. The van der Waals surface area contributed by atoms with Gasteiger partial charge in [-0.3, -0.25) is 4.79 Å². The quantitative estimate of drug-likeness (QED) is 0.478. The number of morpholine rings is 1. The van der Waals surface area contributed by atoms with Crippen LogP contribution in [0.4, 0.5) is 4.79 Å². The molecule has 0 spiro atoms. The summed E-state index contributed by atoms with van der Waals surface area (Å²) in [6.45, 7) is 0.549. The number of hydrogen-bond donors (Lipinski definition) is 4. The van der Waals surface area contributed by atoms with E-state index in [1.807, 2.05) is 0 Å². The van der Waals surface area contributed by atoms with Crippen molar-refractivity contribution in [2.24, 2.45) is 0 Å². The Labute approximate surface area is 121 Å². The second-order valence-electron chi connectivity index (χ2n) is 4.75. The molecule has 1 unspecified atom stereocenters. The number of carbonyl (C=O) groups is 3. The molecule has 120 valence electrons. The highest BCUT2D eigenvalue weighted by Crippen LogP contribution is 2.07. The van der Waals surface area contributed by atoms with Gasteiger partial charge in [0.1, 0.15) is 6.04 Å². The number of carbonyl (C=O) groups excluding carboxylic acids is 1. The molecule has 21 heavy (non-hydrogen) atoms. The summed E-state index contributed by atoms with van der Waals surface area (Å²) in [6.07, 6.45) is -0.417. The molecule has 9 heteroatoms. The van der Waals surface area contributed by atoms with Gasteiger partial charge in [0, 0.05) is 13.0 Å². The molecule has 1 aliphatic heterocycles. The zero-order valence-electron chi connectivity index (χ0n) is 11.5. The molecule has 1 heterocycles. The van der Waals surface area contributed by atoms with Crippen molar-refractivity contribution < 1.29 is 34.4 Å². The Hall–Kier alpha value is -1.87. The molecule has 2 atom stereocenters. The highest BCUT2D eigenvalue weighted by Gasteiger charge is 2.27. The molecule has 9 nitrogen and oxygen atoms in total. The van der Waals surface area contributed by atoms with Gasteiger partial charge in [0.15, 0.2) is 0 Å². The highest BCUT2D eigenvalue weighted by atomic mass is 16.5. The van der Waals surface area contributed by atoms with E-state index < -0.39 is 30.1 Å². The van der Waals surface area contributed by atoms with E-state index in [0.717, 1.165) is 0 Å². The van der Waals surface area contributed by atoms with Crippen molar-refractivity contribution in [3.63, 3.8) is 0 Å². The molecule has 0 aliphatic carbocycles. The number of amides is 2. The van der Waals surface area contributed by atoms with Gasteiger partial charge in [0.05, 0.1) is 25.9 Å². The first-order valence-corrected chi connectivity index (χ1v) is 6.66. The maximum Gasteiger partial charge on any atom is 0.326 e. The summed E-state index contributed by atoms with van der Waals surface area (Å²) in [5.41, 5.74) is 0. The van der Waals surface area contributed by atoms with Gasteiger partial charge in [-0.1, -0.05) is 0 Å². The molecule has 1 aliphatic rings. The van der Waals surface area contributed by atoms with Gasteiger partial charge in [-0.2, -0.15) is 0 Å². The normalized spacial score (nSPS) is 19.9. The predicted molar refractivity (Wildman–Crippen MR) is 69.8 cm³/mol. The van der Waals surface area contributed by atoms with E-state index in [0.29, 0.717) is 6.54 Å². The van der Waals surface area contributed by atoms with E-state index in [1.54, 1.807) is 0 Å². The Morgan fingerprint density at radius 2 is 2.05 bits per heavy atom. The Kier molecular flexibility index (Phi) is 6.89. The van der Waals surface area contributed by atoms with E-state index in [2.05, 4.69) is 5.32 Å². The van der Waals surface area contributed by atoms with Crippen LogP contribution in [0.2, 0.25) is 0 Å². The van der Waals surface area contributed by atoms with Crippen LogP contribution in [0.5, 0.6) is 0 Å². The predicted octanol–water partition coefficient (Wildman–Crippen LogP) is -0.903.